The lowest BCUT2D eigenvalue weighted by atomic mass is 9.93. The van der Waals surface area contributed by atoms with Crippen LogP contribution in [0.4, 0.5) is 0 Å². The van der Waals surface area contributed by atoms with Crippen LogP contribution in [0.5, 0.6) is 0 Å². The fourth-order valence-corrected chi connectivity index (χ4v) is 2.36. The molecule has 2 amide bonds. The van der Waals surface area contributed by atoms with Crippen molar-refractivity contribution in [3.8, 4) is 0 Å². The molecule has 1 rings (SSSR count). The predicted octanol–water partition coefficient (Wildman–Crippen LogP) is 1.19. The Kier molecular flexibility index (Phi) is 8.26. The van der Waals surface area contributed by atoms with Crippen molar-refractivity contribution in [2.75, 3.05) is 19.6 Å². The zero-order valence-corrected chi connectivity index (χ0v) is 12.8. The Bertz CT molecular complexity index is 301. The number of piperidine rings is 1. The van der Waals surface area contributed by atoms with Gasteiger partial charge in [-0.25, -0.2) is 0 Å². The van der Waals surface area contributed by atoms with Crippen molar-refractivity contribution in [1.29, 1.82) is 0 Å². The van der Waals surface area contributed by atoms with Gasteiger partial charge in [0, 0.05) is 25.4 Å². The van der Waals surface area contributed by atoms with Gasteiger partial charge in [-0.2, -0.15) is 0 Å². The molecule has 0 spiro atoms. The van der Waals surface area contributed by atoms with E-state index in [-0.39, 0.29) is 17.9 Å². The van der Waals surface area contributed by atoms with Crippen LogP contribution in [-0.2, 0) is 9.59 Å². The minimum absolute atomic E-state index is 0.0120. The molecule has 1 aliphatic rings. The molecule has 1 saturated heterocycles. The van der Waals surface area contributed by atoms with Crippen LogP contribution in [-0.4, -0.2) is 37.5 Å². The van der Waals surface area contributed by atoms with Crippen molar-refractivity contribution in [1.82, 2.24) is 16.0 Å². The summed E-state index contributed by atoms with van der Waals surface area (Å²) in [5.41, 5.74) is 0. The molecule has 1 fully saturated rings. The Morgan fingerprint density at radius 2 is 1.90 bits per heavy atom. The summed E-state index contributed by atoms with van der Waals surface area (Å²) < 4.78 is 0. The predicted molar refractivity (Wildman–Crippen MR) is 80.4 cm³/mol. The maximum absolute atomic E-state index is 11.7. The third kappa shape index (κ3) is 7.48. The van der Waals surface area contributed by atoms with Gasteiger partial charge in [-0.05, 0) is 51.6 Å². The molecule has 1 atom stereocenters. The highest BCUT2D eigenvalue weighted by Gasteiger charge is 2.14. The number of amides is 2. The van der Waals surface area contributed by atoms with Crippen molar-refractivity contribution in [2.45, 2.75) is 58.4 Å². The maximum Gasteiger partial charge on any atom is 0.221 e. The van der Waals surface area contributed by atoms with E-state index in [0.717, 1.165) is 25.9 Å². The number of rotatable bonds is 8. The van der Waals surface area contributed by atoms with E-state index < -0.39 is 0 Å². The first-order valence-electron chi connectivity index (χ1n) is 7.88. The largest absolute Gasteiger partial charge is 0.356 e. The van der Waals surface area contributed by atoms with Crippen LogP contribution in [0.15, 0.2) is 0 Å². The van der Waals surface area contributed by atoms with Gasteiger partial charge in [0.15, 0.2) is 0 Å². The van der Waals surface area contributed by atoms with Crippen LogP contribution in [0.3, 0.4) is 0 Å². The summed E-state index contributed by atoms with van der Waals surface area (Å²) >= 11 is 0. The zero-order chi connectivity index (χ0) is 14.8. The Morgan fingerprint density at radius 3 is 2.55 bits per heavy atom. The summed E-state index contributed by atoms with van der Waals surface area (Å²) in [6.45, 7) is 6.60. The molecule has 0 radical (unpaired) electrons. The summed E-state index contributed by atoms with van der Waals surface area (Å²) in [4.78, 5) is 23.2. The minimum atomic E-state index is 0.0120. The smallest absolute Gasteiger partial charge is 0.221 e. The highest BCUT2D eigenvalue weighted by atomic mass is 16.2. The maximum atomic E-state index is 11.7. The highest BCUT2D eigenvalue weighted by Crippen LogP contribution is 2.17. The van der Waals surface area contributed by atoms with Gasteiger partial charge < -0.3 is 16.0 Å². The SMILES string of the molecule is CCC(C)NC(=O)CCNC(=O)CCC1CCNCC1. The first-order valence-corrected chi connectivity index (χ1v) is 7.88. The molecule has 116 valence electrons. The molecule has 20 heavy (non-hydrogen) atoms. The fourth-order valence-electron chi connectivity index (χ4n) is 2.36. The van der Waals surface area contributed by atoms with Crippen LogP contribution in [0, 0.1) is 5.92 Å². The summed E-state index contributed by atoms with van der Waals surface area (Å²) in [7, 11) is 0. The molecule has 0 saturated carbocycles. The lowest BCUT2D eigenvalue weighted by Crippen LogP contribution is -2.35. The molecule has 3 N–H and O–H groups in total. The normalized spacial score (nSPS) is 17.5. The molecule has 0 aromatic carbocycles. The average molecular weight is 283 g/mol. The van der Waals surface area contributed by atoms with Gasteiger partial charge in [0.05, 0.1) is 0 Å². The lowest BCUT2D eigenvalue weighted by molar-refractivity contribution is -0.122. The van der Waals surface area contributed by atoms with Crippen molar-refractivity contribution < 1.29 is 9.59 Å². The van der Waals surface area contributed by atoms with Gasteiger partial charge in [-0.1, -0.05) is 6.92 Å². The van der Waals surface area contributed by atoms with E-state index >= 15 is 0 Å². The second kappa shape index (κ2) is 9.75. The third-order valence-corrected chi connectivity index (χ3v) is 3.93. The van der Waals surface area contributed by atoms with Crippen molar-refractivity contribution in [2.24, 2.45) is 5.92 Å². The van der Waals surface area contributed by atoms with Gasteiger partial charge >= 0.3 is 0 Å². The molecule has 0 aromatic heterocycles. The van der Waals surface area contributed by atoms with Gasteiger partial charge in [-0.15, -0.1) is 0 Å². The van der Waals surface area contributed by atoms with E-state index in [9.17, 15) is 9.59 Å². The standard InChI is InChI=1S/C15H29N3O2/c1-3-12(2)18-15(20)8-11-17-14(19)5-4-13-6-9-16-10-7-13/h12-13,16H,3-11H2,1-2H3,(H,17,19)(H,18,20). The quantitative estimate of drug-likeness (QED) is 0.626. The Hall–Kier alpha value is -1.10. The zero-order valence-electron chi connectivity index (χ0n) is 12.8. The summed E-state index contributed by atoms with van der Waals surface area (Å²) in [6.07, 6.45) is 5.18. The van der Waals surface area contributed by atoms with E-state index in [0.29, 0.717) is 25.3 Å². The van der Waals surface area contributed by atoms with Crippen LogP contribution in [0.1, 0.15) is 52.4 Å². The number of hydrogen-bond acceptors (Lipinski definition) is 3. The van der Waals surface area contributed by atoms with Crippen LogP contribution >= 0.6 is 0 Å². The average Bonchev–Trinajstić information content (AvgIpc) is 2.46. The van der Waals surface area contributed by atoms with E-state index in [2.05, 4.69) is 16.0 Å². The molecule has 1 heterocycles. The molecule has 0 aromatic rings. The van der Waals surface area contributed by atoms with E-state index in [4.69, 9.17) is 0 Å². The number of nitrogens with one attached hydrogen (secondary N) is 3. The monoisotopic (exact) mass is 283 g/mol. The van der Waals surface area contributed by atoms with Gasteiger partial charge in [0.2, 0.25) is 11.8 Å². The topological polar surface area (TPSA) is 70.2 Å². The number of carbonyl (C=O) groups excluding carboxylic acids is 2. The molecule has 0 bridgehead atoms. The van der Waals surface area contributed by atoms with Crippen LogP contribution in [0.2, 0.25) is 0 Å². The lowest BCUT2D eigenvalue weighted by Gasteiger charge is -2.22. The Morgan fingerprint density at radius 1 is 1.20 bits per heavy atom. The molecule has 0 aliphatic carbocycles. The first-order chi connectivity index (χ1) is 9.61. The van der Waals surface area contributed by atoms with Crippen molar-refractivity contribution in [3.63, 3.8) is 0 Å². The van der Waals surface area contributed by atoms with Crippen LogP contribution < -0.4 is 16.0 Å². The Balaban J connectivity index is 2.03. The molecule has 1 unspecified atom stereocenters. The van der Waals surface area contributed by atoms with Crippen molar-refractivity contribution in [3.05, 3.63) is 0 Å². The van der Waals surface area contributed by atoms with Crippen LogP contribution in [0.25, 0.3) is 0 Å². The summed E-state index contributed by atoms with van der Waals surface area (Å²) in [5.74, 6) is 0.758. The number of carbonyl (C=O) groups is 2. The van der Waals surface area contributed by atoms with E-state index in [1.807, 2.05) is 13.8 Å². The molecule has 5 nitrogen and oxygen atoms in total. The van der Waals surface area contributed by atoms with E-state index in [1.54, 1.807) is 0 Å². The minimum Gasteiger partial charge on any atom is -0.356 e. The summed E-state index contributed by atoms with van der Waals surface area (Å²) in [5, 5.41) is 9.04. The van der Waals surface area contributed by atoms with Gasteiger partial charge in [0.25, 0.3) is 0 Å². The second-order valence-corrected chi connectivity index (χ2v) is 5.71. The van der Waals surface area contributed by atoms with E-state index in [1.165, 1.54) is 12.8 Å². The second-order valence-electron chi connectivity index (χ2n) is 5.71. The fraction of sp³-hybridized carbons (Fsp3) is 0.867. The van der Waals surface area contributed by atoms with Gasteiger partial charge in [0.1, 0.15) is 0 Å². The highest BCUT2D eigenvalue weighted by molar-refractivity contribution is 5.79. The van der Waals surface area contributed by atoms with Gasteiger partial charge in [-0.3, -0.25) is 9.59 Å². The summed E-state index contributed by atoms with van der Waals surface area (Å²) in [6, 6.07) is 0.207. The Labute approximate surface area is 122 Å². The molecule has 5 heteroatoms. The van der Waals surface area contributed by atoms with Crippen molar-refractivity contribution >= 4 is 11.8 Å². The number of hydrogen-bond donors (Lipinski definition) is 3. The first kappa shape index (κ1) is 17.0. The molecular weight excluding hydrogens is 254 g/mol. The molecule has 1 aliphatic heterocycles. The third-order valence-electron chi connectivity index (χ3n) is 3.93. The molecular formula is C15H29N3O2.